The molecular formula is C15H21NO2. The van der Waals surface area contributed by atoms with Crippen LogP contribution >= 0.6 is 0 Å². The van der Waals surface area contributed by atoms with Gasteiger partial charge in [-0.3, -0.25) is 4.79 Å². The number of aryl methyl sites for hydroxylation is 1. The van der Waals surface area contributed by atoms with Crippen molar-refractivity contribution in [1.82, 2.24) is 5.32 Å². The molecule has 2 rings (SSSR count). The van der Waals surface area contributed by atoms with Gasteiger partial charge in [-0.2, -0.15) is 0 Å². The van der Waals surface area contributed by atoms with Crippen molar-refractivity contribution in [2.45, 2.75) is 45.1 Å². The fourth-order valence-electron chi connectivity index (χ4n) is 2.48. The molecule has 1 fully saturated rings. The zero-order valence-electron chi connectivity index (χ0n) is 11.2. The monoisotopic (exact) mass is 247 g/mol. The smallest absolute Gasteiger partial charge is 0.255 e. The van der Waals surface area contributed by atoms with Crippen LogP contribution in [-0.4, -0.2) is 19.1 Å². The number of methoxy groups -OCH3 is 1. The number of ether oxygens (including phenoxy) is 1. The summed E-state index contributed by atoms with van der Waals surface area (Å²) in [6, 6.07) is 6.14. The van der Waals surface area contributed by atoms with Gasteiger partial charge in [0, 0.05) is 6.04 Å². The Morgan fingerprint density at radius 3 is 2.72 bits per heavy atom. The molecule has 1 amide bonds. The minimum atomic E-state index is -0.0126. The average molecular weight is 247 g/mol. The molecule has 98 valence electrons. The largest absolute Gasteiger partial charge is 0.496 e. The van der Waals surface area contributed by atoms with E-state index in [4.69, 9.17) is 4.74 Å². The molecule has 1 N–H and O–H groups in total. The van der Waals surface area contributed by atoms with Gasteiger partial charge in [0.1, 0.15) is 5.75 Å². The molecule has 1 aliphatic rings. The van der Waals surface area contributed by atoms with Gasteiger partial charge in [-0.1, -0.05) is 25.8 Å². The number of amides is 1. The zero-order valence-corrected chi connectivity index (χ0v) is 11.2. The van der Waals surface area contributed by atoms with Gasteiger partial charge in [0.25, 0.3) is 5.91 Å². The Balaban J connectivity index is 2.13. The molecule has 0 radical (unpaired) electrons. The van der Waals surface area contributed by atoms with E-state index in [1.807, 2.05) is 18.2 Å². The van der Waals surface area contributed by atoms with Crippen molar-refractivity contribution in [3.8, 4) is 5.75 Å². The Kier molecular flexibility index (Phi) is 4.24. The lowest BCUT2D eigenvalue weighted by atomic mass is 10.1. The molecule has 3 nitrogen and oxygen atoms in total. The van der Waals surface area contributed by atoms with Gasteiger partial charge in [0.2, 0.25) is 0 Å². The van der Waals surface area contributed by atoms with Gasteiger partial charge in [-0.25, -0.2) is 0 Å². The quantitative estimate of drug-likeness (QED) is 0.888. The van der Waals surface area contributed by atoms with E-state index in [0.29, 0.717) is 17.4 Å². The third kappa shape index (κ3) is 2.84. The summed E-state index contributed by atoms with van der Waals surface area (Å²) in [6.45, 7) is 2.09. The first-order chi connectivity index (χ1) is 8.74. The Morgan fingerprint density at radius 2 is 2.11 bits per heavy atom. The number of hydrogen-bond donors (Lipinski definition) is 1. The highest BCUT2D eigenvalue weighted by Gasteiger charge is 2.20. The molecule has 0 bridgehead atoms. The van der Waals surface area contributed by atoms with E-state index in [1.54, 1.807) is 7.11 Å². The molecule has 0 atom stereocenters. The summed E-state index contributed by atoms with van der Waals surface area (Å²) in [5.74, 6) is 0.659. The summed E-state index contributed by atoms with van der Waals surface area (Å²) in [5, 5.41) is 3.09. The second-order valence-electron chi connectivity index (χ2n) is 4.84. The Morgan fingerprint density at radius 1 is 1.39 bits per heavy atom. The predicted octanol–water partition coefficient (Wildman–Crippen LogP) is 2.93. The lowest BCUT2D eigenvalue weighted by Gasteiger charge is -2.14. The van der Waals surface area contributed by atoms with E-state index in [0.717, 1.165) is 19.3 Å². The number of carbonyl (C=O) groups excluding carboxylic acids is 1. The highest BCUT2D eigenvalue weighted by atomic mass is 16.5. The third-order valence-electron chi connectivity index (χ3n) is 3.61. The highest BCUT2D eigenvalue weighted by molar-refractivity contribution is 5.97. The molecule has 18 heavy (non-hydrogen) atoms. The van der Waals surface area contributed by atoms with Crippen LogP contribution in [0.2, 0.25) is 0 Å². The van der Waals surface area contributed by atoms with Crippen molar-refractivity contribution in [1.29, 1.82) is 0 Å². The van der Waals surface area contributed by atoms with Crippen LogP contribution in [0.15, 0.2) is 18.2 Å². The van der Waals surface area contributed by atoms with Gasteiger partial charge < -0.3 is 10.1 Å². The molecule has 0 aromatic heterocycles. The van der Waals surface area contributed by atoms with Gasteiger partial charge >= 0.3 is 0 Å². The van der Waals surface area contributed by atoms with E-state index in [9.17, 15) is 4.79 Å². The Labute approximate surface area is 109 Å². The second kappa shape index (κ2) is 5.89. The summed E-state index contributed by atoms with van der Waals surface area (Å²) >= 11 is 0. The molecule has 0 aliphatic heterocycles. The standard InChI is InChI=1S/C15H21NO2/c1-3-11-8-9-13(14(10-11)18-2)15(17)16-12-6-4-5-7-12/h8-10,12H,3-7H2,1-2H3,(H,16,17). The summed E-state index contributed by atoms with van der Waals surface area (Å²) in [5.41, 5.74) is 1.82. The van der Waals surface area contributed by atoms with Crippen molar-refractivity contribution in [3.05, 3.63) is 29.3 Å². The minimum Gasteiger partial charge on any atom is -0.496 e. The minimum absolute atomic E-state index is 0.0126. The molecule has 1 aliphatic carbocycles. The van der Waals surface area contributed by atoms with Gasteiger partial charge in [0.15, 0.2) is 0 Å². The maximum atomic E-state index is 12.2. The van der Waals surface area contributed by atoms with Gasteiger partial charge in [-0.05, 0) is 37.0 Å². The van der Waals surface area contributed by atoms with Crippen molar-refractivity contribution in [3.63, 3.8) is 0 Å². The summed E-state index contributed by atoms with van der Waals surface area (Å²) in [6.07, 6.45) is 5.58. The van der Waals surface area contributed by atoms with Crippen LogP contribution in [0.1, 0.15) is 48.5 Å². The lowest BCUT2D eigenvalue weighted by Crippen LogP contribution is -2.32. The molecule has 1 saturated carbocycles. The fraction of sp³-hybridized carbons (Fsp3) is 0.533. The van der Waals surface area contributed by atoms with Crippen LogP contribution in [0.25, 0.3) is 0 Å². The number of nitrogens with one attached hydrogen (secondary N) is 1. The van der Waals surface area contributed by atoms with Crippen LogP contribution in [0, 0.1) is 0 Å². The Bertz CT molecular complexity index is 423. The molecule has 0 unspecified atom stereocenters. The first kappa shape index (κ1) is 12.9. The first-order valence-electron chi connectivity index (χ1n) is 6.72. The maximum absolute atomic E-state index is 12.2. The van der Waals surface area contributed by atoms with E-state index >= 15 is 0 Å². The molecule has 3 heteroatoms. The second-order valence-corrected chi connectivity index (χ2v) is 4.84. The molecule has 1 aromatic rings. The van der Waals surface area contributed by atoms with E-state index in [-0.39, 0.29) is 5.91 Å². The summed E-state index contributed by atoms with van der Waals surface area (Å²) in [4.78, 5) is 12.2. The van der Waals surface area contributed by atoms with E-state index in [1.165, 1.54) is 18.4 Å². The molecule has 0 saturated heterocycles. The first-order valence-corrected chi connectivity index (χ1v) is 6.72. The molecular weight excluding hydrogens is 226 g/mol. The number of benzene rings is 1. The lowest BCUT2D eigenvalue weighted by molar-refractivity contribution is 0.0935. The van der Waals surface area contributed by atoms with Gasteiger partial charge in [-0.15, -0.1) is 0 Å². The topological polar surface area (TPSA) is 38.3 Å². The molecule has 0 heterocycles. The molecule has 0 spiro atoms. The van der Waals surface area contributed by atoms with E-state index < -0.39 is 0 Å². The van der Waals surface area contributed by atoms with Crippen molar-refractivity contribution in [2.24, 2.45) is 0 Å². The van der Waals surface area contributed by atoms with Crippen molar-refractivity contribution >= 4 is 5.91 Å². The molecule has 1 aromatic carbocycles. The number of carbonyl (C=O) groups is 1. The van der Waals surface area contributed by atoms with Crippen LogP contribution in [0.3, 0.4) is 0 Å². The summed E-state index contributed by atoms with van der Waals surface area (Å²) in [7, 11) is 1.61. The number of rotatable bonds is 4. The highest BCUT2D eigenvalue weighted by Crippen LogP contribution is 2.22. The predicted molar refractivity (Wildman–Crippen MR) is 72.1 cm³/mol. The van der Waals surface area contributed by atoms with Crippen molar-refractivity contribution in [2.75, 3.05) is 7.11 Å². The van der Waals surface area contributed by atoms with Crippen LogP contribution in [-0.2, 0) is 6.42 Å². The van der Waals surface area contributed by atoms with Crippen LogP contribution < -0.4 is 10.1 Å². The van der Waals surface area contributed by atoms with Crippen LogP contribution in [0.4, 0.5) is 0 Å². The van der Waals surface area contributed by atoms with Crippen LogP contribution in [0.5, 0.6) is 5.75 Å². The van der Waals surface area contributed by atoms with E-state index in [2.05, 4.69) is 12.2 Å². The van der Waals surface area contributed by atoms with Gasteiger partial charge in [0.05, 0.1) is 12.7 Å². The Hall–Kier alpha value is -1.51. The SMILES string of the molecule is CCc1ccc(C(=O)NC2CCCC2)c(OC)c1. The zero-order chi connectivity index (χ0) is 13.0. The van der Waals surface area contributed by atoms with Crippen molar-refractivity contribution < 1.29 is 9.53 Å². The average Bonchev–Trinajstić information content (AvgIpc) is 2.90. The fourth-order valence-corrected chi connectivity index (χ4v) is 2.48. The maximum Gasteiger partial charge on any atom is 0.255 e. The summed E-state index contributed by atoms with van der Waals surface area (Å²) < 4.78 is 5.31. The number of hydrogen-bond acceptors (Lipinski definition) is 2. The normalized spacial score (nSPS) is 15.7. The third-order valence-corrected chi connectivity index (χ3v) is 3.61.